The lowest BCUT2D eigenvalue weighted by Gasteiger charge is -2.25. The molecule has 1 N–H and O–H groups in total. The van der Waals surface area contributed by atoms with Crippen molar-refractivity contribution in [1.82, 2.24) is 10.2 Å². The van der Waals surface area contributed by atoms with Crippen molar-refractivity contribution >= 4 is 0 Å². The summed E-state index contributed by atoms with van der Waals surface area (Å²) in [5.74, 6) is 0. The third-order valence-corrected chi connectivity index (χ3v) is 2.87. The van der Waals surface area contributed by atoms with E-state index in [0.29, 0.717) is 18.2 Å². The van der Waals surface area contributed by atoms with Gasteiger partial charge in [-0.25, -0.2) is 0 Å². The summed E-state index contributed by atoms with van der Waals surface area (Å²) in [6, 6.07) is 1.24. The molecule has 0 radical (unpaired) electrons. The van der Waals surface area contributed by atoms with Crippen molar-refractivity contribution in [3.8, 4) is 0 Å². The monoisotopic (exact) mass is 170 g/mol. The fourth-order valence-corrected chi connectivity index (χ4v) is 2.04. The zero-order chi connectivity index (χ0) is 8.55. The van der Waals surface area contributed by atoms with Gasteiger partial charge in [-0.1, -0.05) is 0 Å². The highest BCUT2D eigenvalue weighted by molar-refractivity contribution is 4.93. The van der Waals surface area contributed by atoms with Crippen molar-refractivity contribution in [2.45, 2.75) is 32.0 Å². The van der Waals surface area contributed by atoms with Gasteiger partial charge in [0.15, 0.2) is 0 Å². The van der Waals surface area contributed by atoms with Gasteiger partial charge in [0.05, 0.1) is 12.7 Å². The molecular formula is C9H18N2O. The first-order valence-corrected chi connectivity index (χ1v) is 4.86. The van der Waals surface area contributed by atoms with E-state index >= 15 is 0 Å². The lowest BCUT2D eigenvalue weighted by atomic mass is 10.2. The van der Waals surface area contributed by atoms with Crippen molar-refractivity contribution in [2.75, 3.05) is 26.2 Å². The molecule has 0 aromatic heterocycles. The number of likely N-dealkylation sites (tertiary alicyclic amines) is 1. The van der Waals surface area contributed by atoms with E-state index < -0.39 is 0 Å². The second-order valence-corrected chi connectivity index (χ2v) is 4.02. The van der Waals surface area contributed by atoms with Crippen LogP contribution in [0.1, 0.15) is 13.8 Å². The summed E-state index contributed by atoms with van der Waals surface area (Å²) in [5, 5.41) is 3.50. The first-order chi connectivity index (χ1) is 5.77. The maximum atomic E-state index is 5.68. The Kier molecular flexibility index (Phi) is 2.35. The molecule has 12 heavy (non-hydrogen) atoms. The van der Waals surface area contributed by atoms with Crippen LogP contribution in [-0.4, -0.2) is 49.3 Å². The lowest BCUT2D eigenvalue weighted by Crippen LogP contribution is -2.47. The van der Waals surface area contributed by atoms with E-state index in [2.05, 4.69) is 24.1 Å². The van der Waals surface area contributed by atoms with Gasteiger partial charge in [-0.3, -0.25) is 4.90 Å². The van der Waals surface area contributed by atoms with Gasteiger partial charge < -0.3 is 10.1 Å². The highest BCUT2D eigenvalue weighted by Crippen LogP contribution is 2.17. The summed E-state index contributed by atoms with van der Waals surface area (Å²) in [6.45, 7) is 8.66. The summed E-state index contributed by atoms with van der Waals surface area (Å²) < 4.78 is 5.68. The summed E-state index contributed by atoms with van der Waals surface area (Å²) in [5.41, 5.74) is 0. The Morgan fingerprint density at radius 3 is 2.92 bits per heavy atom. The fraction of sp³-hybridized carbons (Fsp3) is 1.00. The number of morpholine rings is 1. The van der Waals surface area contributed by atoms with Gasteiger partial charge >= 0.3 is 0 Å². The molecule has 0 saturated carbocycles. The number of nitrogens with one attached hydrogen (secondary N) is 1. The minimum absolute atomic E-state index is 0.446. The molecule has 0 aromatic rings. The second-order valence-electron chi connectivity index (χ2n) is 4.02. The standard InChI is InChI=1S/C9H18N2O/c1-7(2)11-5-8-9(6-11)12-4-3-10-8/h7-10H,3-6H2,1-2H3/t8-,9-/m0/s1. The molecule has 0 amide bonds. The van der Waals surface area contributed by atoms with Crippen LogP contribution in [0.2, 0.25) is 0 Å². The quantitative estimate of drug-likeness (QED) is 0.602. The third kappa shape index (κ3) is 1.49. The number of ether oxygens (including phenoxy) is 1. The lowest BCUT2D eigenvalue weighted by molar-refractivity contribution is 0.0169. The fourth-order valence-electron chi connectivity index (χ4n) is 2.04. The van der Waals surface area contributed by atoms with Crippen LogP contribution in [-0.2, 0) is 4.74 Å². The molecule has 3 nitrogen and oxygen atoms in total. The van der Waals surface area contributed by atoms with E-state index in [0.717, 1.165) is 26.2 Å². The molecule has 70 valence electrons. The van der Waals surface area contributed by atoms with E-state index in [9.17, 15) is 0 Å². The van der Waals surface area contributed by atoms with E-state index in [1.807, 2.05) is 0 Å². The van der Waals surface area contributed by atoms with Crippen LogP contribution < -0.4 is 5.32 Å². The van der Waals surface area contributed by atoms with Crippen LogP contribution >= 0.6 is 0 Å². The zero-order valence-corrected chi connectivity index (χ0v) is 7.92. The zero-order valence-electron chi connectivity index (χ0n) is 7.92. The van der Waals surface area contributed by atoms with Gasteiger partial charge in [0.1, 0.15) is 0 Å². The van der Waals surface area contributed by atoms with E-state index in [1.165, 1.54) is 0 Å². The second kappa shape index (κ2) is 3.32. The molecule has 0 bridgehead atoms. The summed E-state index contributed by atoms with van der Waals surface area (Å²) >= 11 is 0. The molecule has 2 fully saturated rings. The van der Waals surface area contributed by atoms with Crippen molar-refractivity contribution in [1.29, 1.82) is 0 Å². The summed E-state index contributed by atoms with van der Waals surface area (Å²) in [6.07, 6.45) is 0.446. The minimum atomic E-state index is 0.446. The molecule has 2 rings (SSSR count). The van der Waals surface area contributed by atoms with Crippen molar-refractivity contribution < 1.29 is 4.74 Å². The number of nitrogens with zero attached hydrogens (tertiary/aromatic N) is 1. The average molecular weight is 170 g/mol. The number of hydrogen-bond donors (Lipinski definition) is 1. The molecule has 2 atom stereocenters. The maximum absolute atomic E-state index is 5.68. The molecule has 0 aromatic carbocycles. The van der Waals surface area contributed by atoms with Crippen LogP contribution in [0.4, 0.5) is 0 Å². The van der Waals surface area contributed by atoms with Crippen LogP contribution in [0.25, 0.3) is 0 Å². The Bertz CT molecular complexity index is 147. The van der Waals surface area contributed by atoms with Crippen LogP contribution in [0.5, 0.6) is 0 Å². The third-order valence-electron chi connectivity index (χ3n) is 2.87. The Morgan fingerprint density at radius 2 is 2.25 bits per heavy atom. The van der Waals surface area contributed by atoms with Gasteiger partial charge in [0, 0.05) is 31.7 Å². The molecule has 0 spiro atoms. The Hall–Kier alpha value is -0.120. The Labute approximate surface area is 74.1 Å². The molecule has 0 aliphatic carbocycles. The molecule has 0 unspecified atom stereocenters. The van der Waals surface area contributed by atoms with E-state index in [4.69, 9.17) is 4.74 Å². The SMILES string of the molecule is CC(C)N1C[C@@H]2NCCO[C@H]2C1. The van der Waals surface area contributed by atoms with E-state index in [1.54, 1.807) is 0 Å². The van der Waals surface area contributed by atoms with Crippen molar-refractivity contribution in [3.63, 3.8) is 0 Å². The number of fused-ring (bicyclic) bond motifs is 1. The summed E-state index contributed by atoms with van der Waals surface area (Å²) in [7, 11) is 0. The van der Waals surface area contributed by atoms with Crippen molar-refractivity contribution in [2.24, 2.45) is 0 Å². The minimum Gasteiger partial charge on any atom is -0.374 e. The maximum Gasteiger partial charge on any atom is 0.0867 e. The summed E-state index contributed by atoms with van der Waals surface area (Å²) in [4.78, 5) is 2.48. The normalized spacial score (nSPS) is 37.2. The van der Waals surface area contributed by atoms with Crippen molar-refractivity contribution in [3.05, 3.63) is 0 Å². The molecule has 2 aliphatic rings. The van der Waals surface area contributed by atoms with Gasteiger partial charge in [-0.2, -0.15) is 0 Å². The largest absolute Gasteiger partial charge is 0.374 e. The first-order valence-electron chi connectivity index (χ1n) is 4.86. The smallest absolute Gasteiger partial charge is 0.0867 e. The van der Waals surface area contributed by atoms with Gasteiger partial charge in [-0.05, 0) is 13.8 Å². The number of rotatable bonds is 1. The topological polar surface area (TPSA) is 24.5 Å². The highest BCUT2D eigenvalue weighted by atomic mass is 16.5. The molecule has 2 saturated heterocycles. The first kappa shape index (κ1) is 8.48. The molecule has 2 aliphatic heterocycles. The Morgan fingerprint density at radius 1 is 1.42 bits per heavy atom. The van der Waals surface area contributed by atoms with Gasteiger partial charge in [0.2, 0.25) is 0 Å². The van der Waals surface area contributed by atoms with Gasteiger partial charge in [-0.15, -0.1) is 0 Å². The highest BCUT2D eigenvalue weighted by Gasteiger charge is 2.35. The average Bonchev–Trinajstić information content (AvgIpc) is 2.46. The van der Waals surface area contributed by atoms with Crippen LogP contribution in [0.15, 0.2) is 0 Å². The number of hydrogen-bond acceptors (Lipinski definition) is 3. The predicted molar refractivity (Wildman–Crippen MR) is 48.2 cm³/mol. The molecule has 3 heteroatoms. The molecular weight excluding hydrogens is 152 g/mol. The van der Waals surface area contributed by atoms with E-state index in [-0.39, 0.29) is 0 Å². The Balaban J connectivity index is 1.94. The van der Waals surface area contributed by atoms with Crippen LogP contribution in [0.3, 0.4) is 0 Å². The van der Waals surface area contributed by atoms with Crippen LogP contribution in [0, 0.1) is 0 Å². The molecule has 2 heterocycles. The van der Waals surface area contributed by atoms with Gasteiger partial charge in [0.25, 0.3) is 0 Å². The predicted octanol–water partition coefficient (Wildman–Crippen LogP) is 0.0674.